The van der Waals surface area contributed by atoms with Gasteiger partial charge < -0.3 is 16.4 Å². The fourth-order valence-electron chi connectivity index (χ4n) is 2.64. The molecule has 116 valence electrons. The zero-order chi connectivity index (χ0) is 16.1. The molecule has 1 aliphatic heterocycles. The molecule has 0 saturated heterocycles. The summed E-state index contributed by atoms with van der Waals surface area (Å²) in [4.78, 5) is 10.8. The molecule has 2 heterocycles. The number of rotatable bonds is 2. The normalized spacial score (nSPS) is 15.6. The van der Waals surface area contributed by atoms with Gasteiger partial charge in [0, 0.05) is 23.7 Å². The van der Waals surface area contributed by atoms with Crippen molar-refractivity contribution in [1.29, 1.82) is 0 Å². The van der Waals surface area contributed by atoms with Gasteiger partial charge >= 0.3 is 6.03 Å². The summed E-state index contributed by atoms with van der Waals surface area (Å²) in [7, 11) is 0. The van der Waals surface area contributed by atoms with Crippen LogP contribution in [0.15, 0.2) is 12.1 Å². The Hall–Kier alpha value is -2.48. The van der Waals surface area contributed by atoms with Gasteiger partial charge in [0.2, 0.25) is 0 Å². The second kappa shape index (κ2) is 4.77. The number of halogens is 2. The minimum Gasteiger partial charge on any atom is -0.351 e. The molecule has 8 heteroatoms. The number of aromatic amines is 1. The first kappa shape index (κ1) is 14.5. The fraction of sp³-hybridized carbons (Fsp3) is 0.286. The third-order valence-corrected chi connectivity index (χ3v) is 3.75. The summed E-state index contributed by atoms with van der Waals surface area (Å²) in [5.74, 6) is -1.45. The molecule has 22 heavy (non-hydrogen) atoms. The Morgan fingerprint density at radius 3 is 2.77 bits per heavy atom. The quantitative estimate of drug-likeness (QED) is 0.685. The Balaban J connectivity index is 2.07. The number of H-pyrrole nitrogens is 1. The second-order valence-corrected chi connectivity index (χ2v) is 5.71. The molecule has 3 rings (SSSR count). The van der Waals surface area contributed by atoms with Gasteiger partial charge in [-0.1, -0.05) is 0 Å². The van der Waals surface area contributed by atoms with Crippen molar-refractivity contribution in [2.24, 2.45) is 5.73 Å². The predicted octanol–water partition coefficient (Wildman–Crippen LogP) is 2.18. The van der Waals surface area contributed by atoms with Crippen LogP contribution < -0.4 is 16.4 Å². The van der Waals surface area contributed by atoms with Gasteiger partial charge in [-0.3, -0.25) is 5.10 Å². The molecule has 5 N–H and O–H groups in total. The average molecular weight is 307 g/mol. The highest BCUT2D eigenvalue weighted by molar-refractivity contribution is 5.88. The summed E-state index contributed by atoms with van der Waals surface area (Å²) < 4.78 is 28.3. The number of urea groups is 1. The van der Waals surface area contributed by atoms with Crippen molar-refractivity contribution in [2.75, 3.05) is 5.32 Å². The van der Waals surface area contributed by atoms with E-state index in [0.717, 1.165) is 23.4 Å². The van der Waals surface area contributed by atoms with Crippen LogP contribution in [0, 0.1) is 11.6 Å². The molecule has 0 saturated carbocycles. The van der Waals surface area contributed by atoms with Crippen molar-refractivity contribution in [3.63, 3.8) is 0 Å². The fourth-order valence-corrected chi connectivity index (χ4v) is 2.64. The first-order chi connectivity index (χ1) is 10.3. The van der Waals surface area contributed by atoms with Crippen LogP contribution in [0.4, 0.5) is 19.3 Å². The number of nitrogens with one attached hydrogen (secondary N) is 3. The Kier molecular flexibility index (Phi) is 3.13. The first-order valence-corrected chi connectivity index (χ1v) is 6.68. The van der Waals surface area contributed by atoms with E-state index in [9.17, 15) is 13.6 Å². The number of carbonyl (C=O) groups excluding carboxylic acids is 1. The summed E-state index contributed by atoms with van der Waals surface area (Å²) in [5.41, 5.74) is 6.35. The zero-order valence-corrected chi connectivity index (χ0v) is 12.1. The molecule has 6 nitrogen and oxygen atoms in total. The van der Waals surface area contributed by atoms with E-state index < -0.39 is 17.7 Å². The lowest BCUT2D eigenvalue weighted by Crippen LogP contribution is -2.29. The van der Waals surface area contributed by atoms with E-state index in [0.29, 0.717) is 12.2 Å². The predicted molar refractivity (Wildman–Crippen MR) is 77.0 cm³/mol. The van der Waals surface area contributed by atoms with Crippen molar-refractivity contribution in [3.8, 4) is 11.3 Å². The summed E-state index contributed by atoms with van der Waals surface area (Å²) in [5, 5.41) is 12.3. The minimum absolute atomic E-state index is 0.0563. The summed E-state index contributed by atoms with van der Waals surface area (Å²) in [6.45, 7) is 4.43. The molecule has 0 atom stereocenters. The topological polar surface area (TPSA) is 95.8 Å². The maximum absolute atomic E-state index is 14.3. The molecule has 0 radical (unpaired) electrons. The lowest BCUT2D eigenvalue weighted by atomic mass is 9.99. The molecular weight excluding hydrogens is 292 g/mol. The van der Waals surface area contributed by atoms with E-state index >= 15 is 0 Å². The van der Waals surface area contributed by atoms with Crippen LogP contribution in [0.3, 0.4) is 0 Å². The molecule has 0 bridgehead atoms. The lowest BCUT2D eigenvalue weighted by molar-refractivity contribution is 0.259. The van der Waals surface area contributed by atoms with Gasteiger partial charge in [0.1, 0.15) is 11.6 Å². The van der Waals surface area contributed by atoms with Crippen LogP contribution in [0.1, 0.15) is 25.1 Å². The third kappa shape index (κ3) is 2.21. The molecule has 0 unspecified atom stereocenters. The van der Waals surface area contributed by atoms with Crippen LogP contribution in [0.2, 0.25) is 0 Å². The highest BCUT2D eigenvalue weighted by atomic mass is 19.1. The number of benzene rings is 1. The van der Waals surface area contributed by atoms with Crippen LogP contribution in [0.5, 0.6) is 0 Å². The van der Waals surface area contributed by atoms with E-state index in [4.69, 9.17) is 5.73 Å². The Morgan fingerprint density at radius 1 is 1.36 bits per heavy atom. The number of primary amides is 1. The SMILES string of the molecule is CC1(C)NCc2c1n[nH]c2-c1cc(F)c(NC(N)=O)cc1F. The van der Waals surface area contributed by atoms with Crippen LogP contribution in [-0.4, -0.2) is 16.2 Å². The summed E-state index contributed by atoms with van der Waals surface area (Å²) >= 11 is 0. The molecule has 0 aliphatic carbocycles. The number of carbonyl (C=O) groups is 1. The molecule has 0 fully saturated rings. The number of nitrogens with zero attached hydrogens (tertiary/aromatic N) is 1. The van der Waals surface area contributed by atoms with Gasteiger partial charge in [0.05, 0.1) is 22.6 Å². The maximum Gasteiger partial charge on any atom is 0.316 e. The zero-order valence-electron chi connectivity index (χ0n) is 12.1. The van der Waals surface area contributed by atoms with Crippen LogP contribution >= 0.6 is 0 Å². The van der Waals surface area contributed by atoms with Gasteiger partial charge in [-0.15, -0.1) is 0 Å². The molecule has 1 aromatic heterocycles. The molecule has 1 aromatic carbocycles. The van der Waals surface area contributed by atoms with Gasteiger partial charge in [-0.05, 0) is 19.9 Å². The van der Waals surface area contributed by atoms with E-state index in [2.05, 4.69) is 15.5 Å². The first-order valence-electron chi connectivity index (χ1n) is 6.68. The summed E-state index contributed by atoms with van der Waals surface area (Å²) in [6.07, 6.45) is 0. The lowest BCUT2D eigenvalue weighted by Gasteiger charge is -2.16. The number of hydrogen-bond acceptors (Lipinski definition) is 3. The van der Waals surface area contributed by atoms with Crippen molar-refractivity contribution in [3.05, 3.63) is 35.0 Å². The number of fused-ring (bicyclic) bond motifs is 1. The number of aromatic nitrogens is 2. The largest absolute Gasteiger partial charge is 0.351 e. The minimum atomic E-state index is -0.959. The summed E-state index contributed by atoms with van der Waals surface area (Å²) in [6, 6.07) is 0.954. The Labute approximate surface area is 125 Å². The van der Waals surface area contributed by atoms with E-state index in [-0.39, 0.29) is 16.8 Å². The monoisotopic (exact) mass is 307 g/mol. The van der Waals surface area contributed by atoms with Crippen LogP contribution in [-0.2, 0) is 12.1 Å². The standard InChI is InChI=1S/C14H15F2N5O/c1-14(2)12-7(5-18-14)11(20-21-12)6-3-9(16)10(4-8(6)15)19-13(17)22/h3-4,18H,5H2,1-2H3,(H,20,21)(H3,17,19,22). The third-order valence-electron chi connectivity index (χ3n) is 3.75. The van der Waals surface area contributed by atoms with Gasteiger partial charge in [-0.25, -0.2) is 13.6 Å². The molecule has 0 spiro atoms. The Bertz CT molecular complexity index is 769. The van der Waals surface area contributed by atoms with Crippen molar-refractivity contribution in [2.45, 2.75) is 25.9 Å². The van der Waals surface area contributed by atoms with Crippen LogP contribution in [0.25, 0.3) is 11.3 Å². The van der Waals surface area contributed by atoms with Crippen molar-refractivity contribution in [1.82, 2.24) is 15.5 Å². The molecule has 2 amide bonds. The molecule has 1 aliphatic rings. The molecular formula is C14H15F2N5O. The van der Waals surface area contributed by atoms with E-state index in [1.807, 2.05) is 19.2 Å². The molecule has 2 aromatic rings. The van der Waals surface area contributed by atoms with E-state index in [1.54, 1.807) is 0 Å². The second-order valence-electron chi connectivity index (χ2n) is 5.71. The number of amides is 2. The number of nitrogens with two attached hydrogens (primary N) is 1. The highest BCUT2D eigenvalue weighted by Gasteiger charge is 2.35. The van der Waals surface area contributed by atoms with Crippen molar-refractivity contribution >= 4 is 11.7 Å². The number of hydrogen-bond donors (Lipinski definition) is 4. The van der Waals surface area contributed by atoms with E-state index in [1.165, 1.54) is 0 Å². The average Bonchev–Trinajstić information content (AvgIpc) is 2.95. The number of anilines is 1. The van der Waals surface area contributed by atoms with Gasteiger partial charge in [0.15, 0.2) is 0 Å². The smallest absolute Gasteiger partial charge is 0.316 e. The Morgan fingerprint density at radius 2 is 2.09 bits per heavy atom. The van der Waals surface area contributed by atoms with Gasteiger partial charge in [0.25, 0.3) is 0 Å². The van der Waals surface area contributed by atoms with Gasteiger partial charge in [-0.2, -0.15) is 5.10 Å². The maximum atomic E-state index is 14.3. The van der Waals surface area contributed by atoms with Crippen molar-refractivity contribution < 1.29 is 13.6 Å². The highest BCUT2D eigenvalue weighted by Crippen LogP contribution is 2.36.